The van der Waals surface area contributed by atoms with Gasteiger partial charge in [0.05, 0.1) is 11.4 Å². The van der Waals surface area contributed by atoms with Crippen molar-refractivity contribution in [3.05, 3.63) is 73.2 Å². The summed E-state index contributed by atoms with van der Waals surface area (Å²) in [5.41, 5.74) is 4.49. The first-order chi connectivity index (χ1) is 10.6. The number of benzene rings is 2. The minimum Gasteiger partial charge on any atom is -0.354 e. The smallest absolute Gasteiger partial charge is 0.213 e. The van der Waals surface area contributed by atoms with Gasteiger partial charge in [-0.15, -0.1) is 0 Å². The highest BCUT2D eigenvalue weighted by Crippen LogP contribution is 2.32. The van der Waals surface area contributed by atoms with Crippen molar-refractivity contribution in [3.63, 3.8) is 0 Å². The average Bonchev–Trinajstić information content (AvgIpc) is 3.00. The van der Waals surface area contributed by atoms with Crippen molar-refractivity contribution < 1.29 is 0 Å². The number of nitrogens with zero attached hydrogens (tertiary/aromatic N) is 2. The van der Waals surface area contributed by atoms with E-state index in [0.29, 0.717) is 6.04 Å². The second-order valence-corrected chi connectivity index (χ2v) is 5.78. The van der Waals surface area contributed by atoms with Crippen LogP contribution in [0, 0.1) is 13.6 Å². The Morgan fingerprint density at radius 1 is 0.955 bits per heavy atom. The van der Waals surface area contributed by atoms with Crippen LogP contribution in [0.3, 0.4) is 0 Å². The van der Waals surface area contributed by atoms with E-state index in [1.807, 2.05) is 29.4 Å². The molecule has 3 nitrogen and oxygen atoms in total. The van der Waals surface area contributed by atoms with E-state index >= 15 is 0 Å². The first-order valence-corrected chi connectivity index (χ1v) is 7.58. The van der Waals surface area contributed by atoms with Crippen molar-refractivity contribution in [2.24, 2.45) is 0 Å². The van der Waals surface area contributed by atoms with Crippen molar-refractivity contribution in [2.45, 2.75) is 26.8 Å². The van der Waals surface area contributed by atoms with Gasteiger partial charge in [-0.05, 0) is 45.0 Å². The fourth-order valence-electron chi connectivity index (χ4n) is 2.33. The summed E-state index contributed by atoms with van der Waals surface area (Å²) in [6.07, 6.45) is 4.09. The molecule has 0 fully saturated rings. The lowest BCUT2D eigenvalue weighted by Crippen LogP contribution is -2.25. The molecule has 22 heavy (non-hydrogen) atoms. The zero-order chi connectivity index (χ0) is 15.5. The fraction of sp³-hybridized carbons (Fsp3) is 0.211. The maximum Gasteiger partial charge on any atom is 0.213 e. The van der Waals surface area contributed by atoms with Crippen molar-refractivity contribution in [1.29, 1.82) is 0 Å². The number of aryl methyl sites for hydroxylation is 1. The Labute approximate surface area is 132 Å². The number of hydrogen-bond acceptors (Lipinski definition) is 3. The molecule has 1 aliphatic rings. The van der Waals surface area contributed by atoms with Gasteiger partial charge in [-0.25, -0.2) is 0 Å². The largest absolute Gasteiger partial charge is 0.354 e. The highest BCUT2D eigenvalue weighted by Gasteiger charge is 2.20. The van der Waals surface area contributed by atoms with E-state index in [4.69, 9.17) is 0 Å². The summed E-state index contributed by atoms with van der Waals surface area (Å²) in [6.45, 7) is 9.75. The van der Waals surface area contributed by atoms with E-state index in [0.717, 1.165) is 17.1 Å². The van der Waals surface area contributed by atoms with Crippen molar-refractivity contribution in [1.82, 2.24) is 4.90 Å². The summed E-state index contributed by atoms with van der Waals surface area (Å²) >= 11 is 0. The molecular weight excluding hydrogens is 270 g/mol. The summed E-state index contributed by atoms with van der Waals surface area (Å²) < 4.78 is 0. The molecule has 0 saturated heterocycles. The lowest BCUT2D eigenvalue weighted by Gasteiger charge is -2.24. The van der Waals surface area contributed by atoms with Crippen LogP contribution in [-0.2, 0) is 0 Å². The van der Waals surface area contributed by atoms with Crippen LogP contribution in [0.15, 0.2) is 60.9 Å². The molecule has 3 rings (SSSR count). The maximum atomic E-state index is 3.49. The van der Waals surface area contributed by atoms with Gasteiger partial charge in [-0.3, -0.25) is 0 Å². The maximum absolute atomic E-state index is 3.49. The molecule has 0 aromatic heterocycles. The van der Waals surface area contributed by atoms with Gasteiger partial charge in [0.15, 0.2) is 0 Å². The van der Waals surface area contributed by atoms with E-state index in [1.54, 1.807) is 0 Å². The van der Waals surface area contributed by atoms with E-state index in [2.05, 4.69) is 74.1 Å². The topological polar surface area (TPSA) is 18.5 Å². The van der Waals surface area contributed by atoms with Crippen LogP contribution in [0.2, 0.25) is 0 Å². The molecule has 2 aromatic rings. The van der Waals surface area contributed by atoms with E-state index in [-0.39, 0.29) is 0 Å². The normalized spacial score (nSPS) is 14.0. The molecule has 1 heterocycles. The first kappa shape index (κ1) is 14.5. The molecule has 0 bridgehead atoms. The monoisotopic (exact) mass is 291 g/mol. The third-order valence-electron chi connectivity index (χ3n) is 3.65. The highest BCUT2D eigenvalue weighted by atomic mass is 15.4. The minimum atomic E-state index is 0.401. The first-order valence-electron chi connectivity index (χ1n) is 7.58. The number of hydrogen-bond donors (Lipinski definition) is 1. The average molecular weight is 291 g/mol. The SMILES string of the molecule is Cc1ccc(Nc2ccccc2N2[C]N(C(C)C)C=C2)cc1. The Hall–Kier alpha value is -2.42. The third kappa shape index (κ3) is 3.08. The molecule has 0 amide bonds. The van der Waals surface area contributed by atoms with Crippen LogP contribution < -0.4 is 10.2 Å². The summed E-state index contributed by atoms with van der Waals surface area (Å²) in [4.78, 5) is 4.10. The minimum absolute atomic E-state index is 0.401. The molecule has 0 atom stereocenters. The summed E-state index contributed by atoms with van der Waals surface area (Å²) in [5, 5.41) is 3.49. The standard InChI is InChI=1S/C19H21N3/c1-15(2)21-12-13-22(14-21)19-7-5-4-6-18(19)20-17-10-8-16(3)9-11-17/h4-13,15,20H,1-3H3. The number of para-hydroxylation sites is 2. The molecule has 0 saturated carbocycles. The molecule has 2 aromatic carbocycles. The van der Waals surface area contributed by atoms with Gasteiger partial charge >= 0.3 is 0 Å². The molecule has 0 spiro atoms. The van der Waals surface area contributed by atoms with Gasteiger partial charge in [0.25, 0.3) is 0 Å². The Morgan fingerprint density at radius 2 is 1.68 bits per heavy atom. The van der Waals surface area contributed by atoms with Crippen LogP contribution >= 0.6 is 0 Å². The van der Waals surface area contributed by atoms with Crippen LogP contribution in [0.1, 0.15) is 19.4 Å². The predicted molar refractivity (Wildman–Crippen MR) is 92.7 cm³/mol. The van der Waals surface area contributed by atoms with E-state index in [9.17, 15) is 0 Å². The van der Waals surface area contributed by atoms with Gasteiger partial charge < -0.3 is 15.1 Å². The molecule has 112 valence electrons. The second-order valence-electron chi connectivity index (χ2n) is 5.78. The molecule has 0 unspecified atom stereocenters. The highest BCUT2D eigenvalue weighted by molar-refractivity contribution is 5.77. The van der Waals surface area contributed by atoms with E-state index in [1.165, 1.54) is 5.56 Å². The molecule has 1 aliphatic heterocycles. The number of anilines is 3. The molecule has 3 heteroatoms. The van der Waals surface area contributed by atoms with Crippen LogP contribution in [-0.4, -0.2) is 10.9 Å². The summed E-state index contributed by atoms with van der Waals surface area (Å²) in [6, 6.07) is 17.1. The van der Waals surface area contributed by atoms with Crippen molar-refractivity contribution >= 4 is 17.1 Å². The van der Waals surface area contributed by atoms with Crippen molar-refractivity contribution in [2.75, 3.05) is 10.2 Å². The number of rotatable bonds is 4. The van der Waals surface area contributed by atoms with Gasteiger partial charge in [0.1, 0.15) is 0 Å². The van der Waals surface area contributed by atoms with Gasteiger partial charge in [-0.1, -0.05) is 29.8 Å². The van der Waals surface area contributed by atoms with E-state index < -0.39 is 0 Å². The Kier molecular flexibility index (Phi) is 4.05. The third-order valence-corrected chi connectivity index (χ3v) is 3.65. The Morgan fingerprint density at radius 3 is 2.36 bits per heavy atom. The summed E-state index contributed by atoms with van der Waals surface area (Å²) in [7, 11) is 0. The second kappa shape index (κ2) is 6.14. The number of nitrogens with one attached hydrogen (secondary N) is 1. The zero-order valence-corrected chi connectivity index (χ0v) is 13.2. The van der Waals surface area contributed by atoms with Crippen LogP contribution in [0.4, 0.5) is 17.1 Å². The Balaban J connectivity index is 1.82. The van der Waals surface area contributed by atoms with Crippen molar-refractivity contribution in [3.8, 4) is 0 Å². The lowest BCUT2D eigenvalue weighted by atomic mass is 10.2. The summed E-state index contributed by atoms with van der Waals surface area (Å²) in [5.74, 6) is 0. The van der Waals surface area contributed by atoms with Crippen LogP contribution in [0.5, 0.6) is 0 Å². The lowest BCUT2D eigenvalue weighted by molar-refractivity contribution is 0.387. The molecule has 0 aliphatic carbocycles. The quantitative estimate of drug-likeness (QED) is 0.878. The molecule has 2 radical (unpaired) electrons. The van der Waals surface area contributed by atoms with Gasteiger partial charge in [0.2, 0.25) is 6.67 Å². The fourth-order valence-corrected chi connectivity index (χ4v) is 2.33. The zero-order valence-electron chi connectivity index (χ0n) is 13.2. The van der Waals surface area contributed by atoms with Gasteiger partial charge in [-0.2, -0.15) is 0 Å². The van der Waals surface area contributed by atoms with Crippen LogP contribution in [0.25, 0.3) is 0 Å². The molecule has 1 N–H and O–H groups in total. The predicted octanol–water partition coefficient (Wildman–Crippen LogP) is 4.74. The van der Waals surface area contributed by atoms with Gasteiger partial charge in [0, 0.05) is 24.1 Å². The Bertz CT molecular complexity index is 659. The molecular formula is C19H21N3.